The fraction of sp³-hybridized carbons (Fsp3) is 0.0690. The van der Waals surface area contributed by atoms with Crippen LogP contribution in [0.3, 0.4) is 0 Å². The van der Waals surface area contributed by atoms with Crippen molar-refractivity contribution in [2.24, 2.45) is 0 Å². The Hall–Kier alpha value is -4.69. The third-order valence-electron chi connectivity index (χ3n) is 6.10. The minimum Gasteiger partial charge on any atom is -0.345 e. The second kappa shape index (κ2) is 8.34. The molecule has 0 aliphatic carbocycles. The van der Waals surface area contributed by atoms with Crippen molar-refractivity contribution in [3.8, 4) is 22.9 Å². The molecule has 164 valence electrons. The molecule has 0 aliphatic rings. The topological polar surface area (TPSA) is 66.1 Å². The van der Waals surface area contributed by atoms with Crippen molar-refractivity contribution in [2.75, 3.05) is 14.1 Å². The van der Waals surface area contributed by atoms with Crippen LogP contribution in [0.15, 0.2) is 84.9 Å². The lowest BCUT2D eigenvalue weighted by Crippen LogP contribution is -2.24. The van der Waals surface area contributed by atoms with Crippen LogP contribution < -0.4 is 0 Å². The van der Waals surface area contributed by atoms with E-state index in [0.717, 1.165) is 39.2 Å². The molecule has 0 bridgehead atoms. The summed E-state index contributed by atoms with van der Waals surface area (Å²) in [6, 6.07) is 29.1. The predicted octanol–water partition coefficient (Wildman–Crippen LogP) is 5.84. The average molecular weight is 444 g/mol. The van der Waals surface area contributed by atoms with Gasteiger partial charge in [0.05, 0.1) is 33.9 Å². The number of para-hydroxylation sites is 2. The van der Waals surface area contributed by atoms with Crippen LogP contribution in [0.2, 0.25) is 0 Å². The zero-order chi connectivity index (χ0) is 23.8. The summed E-state index contributed by atoms with van der Waals surface area (Å²) >= 11 is 0. The van der Waals surface area contributed by atoms with Gasteiger partial charge in [-0.2, -0.15) is 5.26 Å². The summed E-state index contributed by atoms with van der Waals surface area (Å²) < 4.78 is 2.04. The first-order valence-corrected chi connectivity index (χ1v) is 10.9. The zero-order valence-electron chi connectivity index (χ0n) is 18.8. The molecule has 0 aliphatic heterocycles. The SMILES string of the molecule is CN(C)C(=O)c1c(C=O)cccc1-n1c2ccccc2c2cccc(-c3ccccc3C#N)c21. The standard InChI is InChI=1S/C29H21N3O2/c1-31(2)29(34)27-20(18-33)10-7-16-26(27)32-25-15-6-5-12-22(25)24-14-8-13-23(28(24)32)21-11-4-3-9-19(21)17-30/h3-16,18H,1-2H3. The summed E-state index contributed by atoms with van der Waals surface area (Å²) in [4.78, 5) is 26.7. The zero-order valence-corrected chi connectivity index (χ0v) is 18.8. The van der Waals surface area contributed by atoms with E-state index in [0.29, 0.717) is 22.4 Å². The highest BCUT2D eigenvalue weighted by Gasteiger charge is 2.23. The lowest BCUT2D eigenvalue weighted by molar-refractivity contribution is 0.0824. The van der Waals surface area contributed by atoms with Crippen LogP contribution in [-0.2, 0) is 0 Å². The lowest BCUT2D eigenvalue weighted by Gasteiger charge is -2.19. The van der Waals surface area contributed by atoms with Gasteiger partial charge in [-0.05, 0) is 18.2 Å². The predicted molar refractivity (Wildman–Crippen MR) is 134 cm³/mol. The normalized spacial score (nSPS) is 10.9. The number of hydrogen-bond acceptors (Lipinski definition) is 3. The molecule has 4 aromatic carbocycles. The van der Waals surface area contributed by atoms with E-state index in [9.17, 15) is 14.9 Å². The molecule has 0 radical (unpaired) electrons. The molecular weight excluding hydrogens is 422 g/mol. The van der Waals surface area contributed by atoms with Gasteiger partial charge >= 0.3 is 0 Å². The summed E-state index contributed by atoms with van der Waals surface area (Å²) in [6.07, 6.45) is 0.722. The number of amides is 1. The van der Waals surface area contributed by atoms with Crippen molar-refractivity contribution >= 4 is 34.0 Å². The van der Waals surface area contributed by atoms with Gasteiger partial charge < -0.3 is 9.47 Å². The van der Waals surface area contributed by atoms with Crippen LogP contribution in [0, 0.1) is 11.3 Å². The molecular formula is C29H21N3O2. The number of aromatic nitrogens is 1. The number of aldehydes is 1. The highest BCUT2D eigenvalue weighted by Crippen LogP contribution is 2.39. The van der Waals surface area contributed by atoms with Gasteiger partial charge in [0, 0.05) is 41.6 Å². The molecule has 5 heteroatoms. The van der Waals surface area contributed by atoms with E-state index in [-0.39, 0.29) is 5.91 Å². The van der Waals surface area contributed by atoms with E-state index in [1.807, 2.05) is 71.3 Å². The molecule has 5 aromatic rings. The molecule has 1 heterocycles. The first kappa shape index (κ1) is 21.2. The number of carbonyl (C=O) groups excluding carboxylic acids is 2. The Labute approximate surface area is 197 Å². The van der Waals surface area contributed by atoms with Gasteiger partial charge in [0.25, 0.3) is 5.91 Å². The smallest absolute Gasteiger partial charge is 0.256 e. The molecule has 0 spiro atoms. The monoisotopic (exact) mass is 443 g/mol. The molecule has 0 saturated carbocycles. The fourth-order valence-electron chi connectivity index (χ4n) is 4.60. The number of nitrogens with zero attached hydrogens (tertiary/aromatic N) is 3. The third-order valence-corrected chi connectivity index (χ3v) is 6.10. The van der Waals surface area contributed by atoms with Gasteiger partial charge in [-0.3, -0.25) is 9.59 Å². The Morgan fingerprint density at radius 2 is 1.53 bits per heavy atom. The van der Waals surface area contributed by atoms with E-state index < -0.39 is 0 Å². The lowest BCUT2D eigenvalue weighted by atomic mass is 9.97. The van der Waals surface area contributed by atoms with Gasteiger partial charge in [0.1, 0.15) is 0 Å². The Balaban J connectivity index is 2.00. The van der Waals surface area contributed by atoms with E-state index in [4.69, 9.17) is 0 Å². The minimum absolute atomic E-state index is 0.251. The van der Waals surface area contributed by atoms with Crippen molar-refractivity contribution in [1.82, 2.24) is 9.47 Å². The number of hydrogen-bond donors (Lipinski definition) is 0. The molecule has 0 atom stereocenters. The number of fused-ring (bicyclic) bond motifs is 3. The number of carbonyl (C=O) groups is 2. The highest BCUT2D eigenvalue weighted by molar-refractivity contribution is 6.15. The van der Waals surface area contributed by atoms with E-state index in [1.54, 1.807) is 32.3 Å². The van der Waals surface area contributed by atoms with Crippen LogP contribution in [-0.4, -0.2) is 35.8 Å². The summed E-state index contributed by atoms with van der Waals surface area (Å²) in [5, 5.41) is 11.8. The Morgan fingerprint density at radius 1 is 0.853 bits per heavy atom. The van der Waals surface area contributed by atoms with Gasteiger partial charge in [0.2, 0.25) is 0 Å². The molecule has 1 aromatic heterocycles. The average Bonchev–Trinajstić information content (AvgIpc) is 3.22. The van der Waals surface area contributed by atoms with Crippen LogP contribution >= 0.6 is 0 Å². The molecule has 0 N–H and O–H groups in total. The summed E-state index contributed by atoms with van der Waals surface area (Å²) in [5.41, 5.74) is 5.34. The molecule has 0 saturated heterocycles. The van der Waals surface area contributed by atoms with Crippen LogP contribution in [0.5, 0.6) is 0 Å². The summed E-state index contributed by atoms with van der Waals surface area (Å²) in [6.45, 7) is 0. The molecule has 5 nitrogen and oxygen atoms in total. The first-order valence-electron chi connectivity index (χ1n) is 10.9. The quantitative estimate of drug-likeness (QED) is 0.328. The van der Waals surface area contributed by atoms with Gasteiger partial charge in [-0.1, -0.05) is 66.7 Å². The van der Waals surface area contributed by atoms with Crippen molar-refractivity contribution in [1.29, 1.82) is 5.26 Å². The molecule has 34 heavy (non-hydrogen) atoms. The Morgan fingerprint density at radius 3 is 2.29 bits per heavy atom. The molecule has 5 rings (SSSR count). The number of rotatable bonds is 4. The van der Waals surface area contributed by atoms with Crippen LogP contribution in [0.25, 0.3) is 38.6 Å². The summed E-state index contributed by atoms with van der Waals surface area (Å²) in [7, 11) is 3.35. The maximum atomic E-state index is 13.3. The minimum atomic E-state index is -0.251. The second-order valence-corrected chi connectivity index (χ2v) is 8.27. The third kappa shape index (κ3) is 3.16. The van der Waals surface area contributed by atoms with Crippen LogP contribution in [0.4, 0.5) is 0 Å². The second-order valence-electron chi connectivity index (χ2n) is 8.27. The highest BCUT2D eigenvalue weighted by atomic mass is 16.2. The molecule has 0 unspecified atom stereocenters. The van der Waals surface area contributed by atoms with Gasteiger partial charge in [-0.15, -0.1) is 0 Å². The van der Waals surface area contributed by atoms with E-state index in [2.05, 4.69) is 6.07 Å². The molecule has 1 amide bonds. The van der Waals surface area contributed by atoms with Gasteiger partial charge in [0.15, 0.2) is 6.29 Å². The Kier molecular flexibility index (Phi) is 5.19. The Bertz CT molecular complexity index is 1640. The number of benzene rings is 4. The van der Waals surface area contributed by atoms with Crippen molar-refractivity contribution in [2.45, 2.75) is 0 Å². The number of nitriles is 1. The van der Waals surface area contributed by atoms with Crippen LogP contribution in [0.1, 0.15) is 26.3 Å². The largest absolute Gasteiger partial charge is 0.345 e. The maximum Gasteiger partial charge on any atom is 0.256 e. The van der Waals surface area contributed by atoms with Crippen molar-refractivity contribution in [3.05, 3.63) is 102 Å². The fourth-order valence-corrected chi connectivity index (χ4v) is 4.60. The van der Waals surface area contributed by atoms with E-state index in [1.165, 1.54) is 4.90 Å². The van der Waals surface area contributed by atoms with Crippen molar-refractivity contribution < 1.29 is 9.59 Å². The van der Waals surface area contributed by atoms with Gasteiger partial charge in [-0.25, -0.2) is 0 Å². The molecule has 0 fully saturated rings. The first-order chi connectivity index (χ1) is 16.6. The maximum absolute atomic E-state index is 13.3. The summed E-state index contributed by atoms with van der Waals surface area (Å²) in [5.74, 6) is -0.251. The van der Waals surface area contributed by atoms with E-state index >= 15 is 0 Å². The van der Waals surface area contributed by atoms with Crippen molar-refractivity contribution in [3.63, 3.8) is 0 Å².